The Labute approximate surface area is 104 Å². The Bertz CT molecular complexity index is 523. The lowest BCUT2D eigenvalue weighted by molar-refractivity contribution is 0.0196. The highest BCUT2D eigenvalue weighted by atomic mass is 16.6. The van der Waals surface area contributed by atoms with Gasteiger partial charge in [-0.15, -0.1) is 0 Å². The van der Waals surface area contributed by atoms with Crippen LogP contribution in [-0.2, 0) is 17.8 Å². The number of carbonyl (C=O) groups is 1. The number of aromatic amines is 1. The van der Waals surface area contributed by atoms with Crippen molar-refractivity contribution in [3.8, 4) is 5.88 Å². The summed E-state index contributed by atoms with van der Waals surface area (Å²) in [5.41, 5.74) is -0.502. The SMILES string of the molecule is CC(C)(C)OC(=O)N1CCn2c(c(O)[nH]c2=O)C1. The molecule has 0 unspecified atom stereocenters. The Morgan fingerprint density at radius 3 is 2.67 bits per heavy atom. The zero-order chi connectivity index (χ0) is 13.5. The van der Waals surface area contributed by atoms with Crippen molar-refractivity contribution < 1.29 is 14.6 Å². The molecule has 0 aromatic carbocycles. The molecule has 0 aliphatic carbocycles. The van der Waals surface area contributed by atoms with Crippen LogP contribution in [0.2, 0.25) is 0 Å². The van der Waals surface area contributed by atoms with Gasteiger partial charge >= 0.3 is 11.8 Å². The maximum atomic E-state index is 11.9. The van der Waals surface area contributed by atoms with Gasteiger partial charge in [0, 0.05) is 13.1 Å². The van der Waals surface area contributed by atoms with Gasteiger partial charge in [-0.3, -0.25) is 9.55 Å². The number of carbonyl (C=O) groups excluding carboxylic acids is 1. The first kappa shape index (κ1) is 12.5. The Morgan fingerprint density at radius 1 is 1.39 bits per heavy atom. The van der Waals surface area contributed by atoms with E-state index in [0.717, 1.165) is 0 Å². The molecule has 100 valence electrons. The molecule has 2 rings (SSSR count). The summed E-state index contributed by atoms with van der Waals surface area (Å²) in [6, 6.07) is 0. The minimum Gasteiger partial charge on any atom is -0.493 e. The molecule has 7 nitrogen and oxygen atoms in total. The van der Waals surface area contributed by atoms with Crippen molar-refractivity contribution in [3.63, 3.8) is 0 Å². The molecule has 18 heavy (non-hydrogen) atoms. The van der Waals surface area contributed by atoms with E-state index in [4.69, 9.17) is 4.74 Å². The second kappa shape index (κ2) is 4.08. The van der Waals surface area contributed by atoms with Gasteiger partial charge < -0.3 is 14.7 Å². The number of nitrogens with one attached hydrogen (secondary N) is 1. The molecule has 7 heteroatoms. The number of aromatic hydroxyl groups is 1. The standard InChI is InChI=1S/C11H17N3O4/c1-11(2,3)18-10(17)13-4-5-14-7(6-13)8(15)12-9(14)16/h15H,4-6H2,1-3H3,(H,12,16). The quantitative estimate of drug-likeness (QED) is 0.712. The van der Waals surface area contributed by atoms with E-state index >= 15 is 0 Å². The Hall–Kier alpha value is -1.92. The van der Waals surface area contributed by atoms with E-state index in [1.165, 1.54) is 9.47 Å². The van der Waals surface area contributed by atoms with Crippen molar-refractivity contribution in [2.24, 2.45) is 0 Å². The normalized spacial score (nSPS) is 15.4. The van der Waals surface area contributed by atoms with Crippen LogP contribution in [-0.4, -0.2) is 37.8 Å². The fourth-order valence-corrected chi connectivity index (χ4v) is 1.85. The van der Waals surface area contributed by atoms with Gasteiger partial charge in [-0.1, -0.05) is 0 Å². The first-order chi connectivity index (χ1) is 8.28. The topological polar surface area (TPSA) is 87.6 Å². The van der Waals surface area contributed by atoms with E-state index < -0.39 is 11.7 Å². The molecule has 2 N–H and O–H groups in total. The summed E-state index contributed by atoms with van der Waals surface area (Å²) in [6.45, 7) is 6.28. The van der Waals surface area contributed by atoms with Crippen molar-refractivity contribution in [2.75, 3.05) is 6.54 Å². The average Bonchev–Trinajstić information content (AvgIpc) is 2.52. The predicted octanol–water partition coefficient (Wildman–Crippen LogP) is 0.633. The molecule has 1 aliphatic rings. The summed E-state index contributed by atoms with van der Waals surface area (Å²) in [5, 5.41) is 9.55. The lowest BCUT2D eigenvalue weighted by Crippen LogP contribution is -2.42. The number of nitrogens with zero attached hydrogens (tertiary/aromatic N) is 2. The number of hydrogen-bond acceptors (Lipinski definition) is 4. The number of amides is 1. The molecule has 0 atom stereocenters. The van der Waals surface area contributed by atoms with Crippen molar-refractivity contribution in [1.29, 1.82) is 0 Å². The zero-order valence-corrected chi connectivity index (χ0v) is 10.7. The highest BCUT2D eigenvalue weighted by Crippen LogP contribution is 2.20. The molecule has 2 heterocycles. The van der Waals surface area contributed by atoms with Crippen molar-refractivity contribution in [2.45, 2.75) is 39.5 Å². The van der Waals surface area contributed by atoms with Crippen LogP contribution in [0.4, 0.5) is 4.79 Å². The van der Waals surface area contributed by atoms with Gasteiger partial charge in [-0.05, 0) is 20.8 Å². The van der Waals surface area contributed by atoms with Crippen LogP contribution in [0.5, 0.6) is 5.88 Å². The molecule has 0 saturated heterocycles. The molecule has 0 spiro atoms. The van der Waals surface area contributed by atoms with E-state index in [9.17, 15) is 14.7 Å². The zero-order valence-electron chi connectivity index (χ0n) is 10.7. The maximum absolute atomic E-state index is 11.9. The summed E-state index contributed by atoms with van der Waals surface area (Å²) in [7, 11) is 0. The summed E-state index contributed by atoms with van der Waals surface area (Å²) in [4.78, 5) is 27.0. The third-order valence-corrected chi connectivity index (χ3v) is 2.66. The number of fused-ring (bicyclic) bond motifs is 1. The first-order valence-electron chi connectivity index (χ1n) is 5.76. The van der Waals surface area contributed by atoms with Crippen LogP contribution in [0.1, 0.15) is 26.5 Å². The summed E-state index contributed by atoms with van der Waals surface area (Å²) in [6.07, 6.45) is -0.443. The molecule has 1 aromatic rings. The lowest BCUT2D eigenvalue weighted by atomic mass is 10.2. The van der Waals surface area contributed by atoms with Gasteiger partial charge in [0.25, 0.3) is 0 Å². The minimum absolute atomic E-state index is 0.166. The Kier molecular flexibility index (Phi) is 2.84. The van der Waals surface area contributed by atoms with E-state index in [0.29, 0.717) is 18.8 Å². The largest absolute Gasteiger partial charge is 0.493 e. The lowest BCUT2D eigenvalue weighted by Gasteiger charge is -2.30. The van der Waals surface area contributed by atoms with Crippen LogP contribution in [0.15, 0.2) is 4.79 Å². The number of imidazole rings is 1. The predicted molar refractivity (Wildman–Crippen MR) is 63.4 cm³/mol. The fourth-order valence-electron chi connectivity index (χ4n) is 1.85. The van der Waals surface area contributed by atoms with E-state index in [1.807, 2.05) is 0 Å². The second-order valence-electron chi connectivity index (χ2n) is 5.28. The van der Waals surface area contributed by atoms with Crippen molar-refractivity contribution >= 4 is 6.09 Å². The summed E-state index contributed by atoms with van der Waals surface area (Å²) in [5.74, 6) is -0.187. The number of hydrogen-bond donors (Lipinski definition) is 2. The third-order valence-electron chi connectivity index (χ3n) is 2.66. The number of H-pyrrole nitrogens is 1. The maximum Gasteiger partial charge on any atom is 0.410 e. The monoisotopic (exact) mass is 255 g/mol. The molecular weight excluding hydrogens is 238 g/mol. The molecule has 0 radical (unpaired) electrons. The summed E-state index contributed by atoms with van der Waals surface area (Å²) >= 11 is 0. The smallest absolute Gasteiger partial charge is 0.410 e. The van der Waals surface area contributed by atoms with Gasteiger partial charge in [-0.25, -0.2) is 9.59 Å². The first-order valence-corrected chi connectivity index (χ1v) is 5.76. The van der Waals surface area contributed by atoms with Gasteiger partial charge in [-0.2, -0.15) is 0 Å². The second-order valence-corrected chi connectivity index (χ2v) is 5.28. The Balaban J connectivity index is 2.15. The van der Waals surface area contributed by atoms with Crippen LogP contribution in [0.3, 0.4) is 0 Å². The average molecular weight is 255 g/mol. The number of ether oxygens (including phenoxy) is 1. The van der Waals surface area contributed by atoms with E-state index in [1.54, 1.807) is 20.8 Å². The van der Waals surface area contributed by atoms with Crippen LogP contribution >= 0.6 is 0 Å². The number of aromatic nitrogens is 2. The molecule has 0 bridgehead atoms. The minimum atomic E-state index is -0.561. The molecule has 1 aliphatic heterocycles. The van der Waals surface area contributed by atoms with Crippen molar-refractivity contribution in [3.05, 3.63) is 16.2 Å². The highest BCUT2D eigenvalue weighted by Gasteiger charge is 2.28. The molecule has 0 fully saturated rings. The molecule has 1 amide bonds. The molecule has 1 aromatic heterocycles. The van der Waals surface area contributed by atoms with Crippen molar-refractivity contribution in [1.82, 2.24) is 14.5 Å². The molecule has 0 saturated carbocycles. The third kappa shape index (κ3) is 2.34. The number of rotatable bonds is 0. The van der Waals surface area contributed by atoms with Crippen LogP contribution in [0.25, 0.3) is 0 Å². The van der Waals surface area contributed by atoms with E-state index in [-0.39, 0.29) is 18.1 Å². The van der Waals surface area contributed by atoms with Gasteiger partial charge in [0.2, 0.25) is 5.88 Å². The highest BCUT2D eigenvalue weighted by molar-refractivity contribution is 5.68. The molecular formula is C11H17N3O4. The Morgan fingerprint density at radius 2 is 2.06 bits per heavy atom. The summed E-state index contributed by atoms with van der Waals surface area (Å²) < 4.78 is 6.67. The van der Waals surface area contributed by atoms with Crippen LogP contribution < -0.4 is 5.69 Å². The fraction of sp³-hybridized carbons (Fsp3) is 0.636. The van der Waals surface area contributed by atoms with E-state index in [2.05, 4.69) is 4.98 Å². The van der Waals surface area contributed by atoms with Gasteiger partial charge in [0.1, 0.15) is 11.3 Å². The van der Waals surface area contributed by atoms with Crippen LogP contribution in [0, 0.1) is 0 Å². The van der Waals surface area contributed by atoms with Gasteiger partial charge in [0.05, 0.1) is 6.54 Å². The van der Waals surface area contributed by atoms with Gasteiger partial charge in [0.15, 0.2) is 0 Å².